The molecule has 96 valence electrons. The minimum atomic E-state index is 0.167. The molecule has 0 radical (unpaired) electrons. The van der Waals surface area contributed by atoms with Crippen molar-refractivity contribution in [2.75, 3.05) is 22.9 Å². The molecule has 0 spiro atoms. The predicted molar refractivity (Wildman–Crippen MR) is 66.8 cm³/mol. The van der Waals surface area contributed by atoms with Gasteiger partial charge in [-0.05, 0) is 13.8 Å². The van der Waals surface area contributed by atoms with Crippen molar-refractivity contribution in [3.63, 3.8) is 0 Å². The van der Waals surface area contributed by atoms with Crippen LogP contribution in [0.1, 0.15) is 11.6 Å². The van der Waals surface area contributed by atoms with Gasteiger partial charge in [0.25, 0.3) is 0 Å². The van der Waals surface area contributed by atoms with Gasteiger partial charge in [0, 0.05) is 0 Å². The van der Waals surface area contributed by atoms with Crippen LogP contribution in [0.25, 0.3) is 0 Å². The Morgan fingerprint density at radius 3 is 0.889 bits per heavy atom. The molecule has 0 saturated carbocycles. The van der Waals surface area contributed by atoms with Gasteiger partial charge < -0.3 is 22.9 Å². The summed E-state index contributed by atoms with van der Waals surface area (Å²) in [4.78, 5) is 22.0. The number of nitrogens with zero attached hydrogens (tertiary/aromatic N) is 6. The maximum atomic E-state index is 5.22. The van der Waals surface area contributed by atoms with Gasteiger partial charge in [-0.25, -0.2) is 0 Å². The van der Waals surface area contributed by atoms with Gasteiger partial charge >= 0.3 is 0 Å². The third-order valence-corrected chi connectivity index (χ3v) is 1.56. The minimum Gasteiger partial charge on any atom is -0.368 e. The van der Waals surface area contributed by atoms with Crippen LogP contribution in [0.15, 0.2) is 0 Å². The summed E-state index contributed by atoms with van der Waals surface area (Å²) >= 11 is 0. The highest BCUT2D eigenvalue weighted by Gasteiger charge is 1.93. The van der Waals surface area contributed by atoms with E-state index >= 15 is 0 Å². The van der Waals surface area contributed by atoms with Gasteiger partial charge in [-0.15, -0.1) is 0 Å². The van der Waals surface area contributed by atoms with Crippen LogP contribution in [-0.2, 0) is 0 Å². The number of hydrogen-bond acceptors (Lipinski definition) is 10. The third-order valence-electron chi connectivity index (χ3n) is 1.56. The quantitative estimate of drug-likeness (QED) is 0.437. The van der Waals surface area contributed by atoms with E-state index in [4.69, 9.17) is 22.9 Å². The minimum absolute atomic E-state index is 0.167. The molecule has 0 amide bonds. The van der Waals surface area contributed by atoms with Crippen LogP contribution in [0.5, 0.6) is 0 Å². The number of rotatable bonds is 0. The summed E-state index contributed by atoms with van der Waals surface area (Å²) in [6.07, 6.45) is 0. The summed E-state index contributed by atoms with van der Waals surface area (Å²) in [5.74, 6) is 1.75. The molecular formula is C8H14N10. The van der Waals surface area contributed by atoms with Crippen molar-refractivity contribution in [3.05, 3.63) is 11.6 Å². The Hall–Kier alpha value is -2.78. The van der Waals surface area contributed by atoms with Crippen molar-refractivity contribution in [3.8, 4) is 0 Å². The van der Waals surface area contributed by atoms with Gasteiger partial charge in [0.05, 0.1) is 0 Å². The molecule has 0 aliphatic heterocycles. The van der Waals surface area contributed by atoms with E-state index in [2.05, 4.69) is 29.9 Å². The third kappa shape index (κ3) is 4.38. The van der Waals surface area contributed by atoms with Crippen LogP contribution in [0.2, 0.25) is 0 Å². The molecule has 2 aromatic heterocycles. The Morgan fingerprint density at radius 1 is 0.500 bits per heavy atom. The first-order valence-corrected chi connectivity index (χ1v) is 4.84. The second-order valence-electron chi connectivity index (χ2n) is 3.20. The van der Waals surface area contributed by atoms with E-state index in [1.165, 1.54) is 0 Å². The molecule has 0 atom stereocenters. The van der Waals surface area contributed by atoms with Gasteiger partial charge in [0.1, 0.15) is 11.6 Å². The molecule has 10 heteroatoms. The Labute approximate surface area is 103 Å². The van der Waals surface area contributed by atoms with Gasteiger partial charge in [0.2, 0.25) is 23.8 Å². The summed E-state index contributed by atoms with van der Waals surface area (Å²) in [6, 6.07) is 0. The molecule has 8 N–H and O–H groups in total. The monoisotopic (exact) mass is 250 g/mol. The Bertz CT molecular complexity index is 389. The molecule has 0 aliphatic carbocycles. The first kappa shape index (κ1) is 13.3. The molecule has 2 rings (SSSR count). The molecule has 0 bridgehead atoms. The lowest BCUT2D eigenvalue weighted by Crippen LogP contribution is -2.03. The Kier molecular flexibility index (Phi) is 4.07. The fourth-order valence-corrected chi connectivity index (χ4v) is 1.05. The largest absolute Gasteiger partial charge is 0.368 e. The molecule has 0 saturated heterocycles. The van der Waals surface area contributed by atoms with Gasteiger partial charge in [-0.3, -0.25) is 0 Å². The summed E-state index contributed by atoms with van der Waals surface area (Å²) < 4.78 is 0. The highest BCUT2D eigenvalue weighted by atomic mass is 15.1. The molecular weight excluding hydrogens is 236 g/mol. The zero-order valence-electron chi connectivity index (χ0n) is 9.99. The molecule has 10 nitrogen and oxygen atoms in total. The normalized spacial score (nSPS) is 9.44. The van der Waals surface area contributed by atoms with Crippen LogP contribution in [0.3, 0.4) is 0 Å². The lowest BCUT2D eigenvalue weighted by molar-refractivity contribution is 1.00. The fourth-order valence-electron chi connectivity index (χ4n) is 1.05. The average molecular weight is 250 g/mol. The summed E-state index contributed by atoms with van der Waals surface area (Å²) in [5, 5.41) is 0. The van der Waals surface area contributed by atoms with E-state index < -0.39 is 0 Å². The van der Waals surface area contributed by atoms with Gasteiger partial charge in [-0.1, -0.05) is 0 Å². The maximum Gasteiger partial charge on any atom is 0.225 e. The number of hydrogen-bond donors (Lipinski definition) is 4. The zero-order valence-corrected chi connectivity index (χ0v) is 9.99. The summed E-state index contributed by atoms with van der Waals surface area (Å²) in [6.45, 7) is 3.41. The Balaban J connectivity index is 0.000000180. The molecule has 0 aromatic carbocycles. The Morgan fingerprint density at radius 2 is 0.722 bits per heavy atom. The van der Waals surface area contributed by atoms with Crippen molar-refractivity contribution in [1.29, 1.82) is 0 Å². The highest BCUT2D eigenvalue weighted by molar-refractivity contribution is 5.25. The van der Waals surface area contributed by atoms with Gasteiger partial charge in [-0.2, -0.15) is 29.9 Å². The second kappa shape index (κ2) is 5.52. The zero-order chi connectivity index (χ0) is 13.7. The molecule has 18 heavy (non-hydrogen) atoms. The first-order valence-electron chi connectivity index (χ1n) is 4.84. The van der Waals surface area contributed by atoms with Crippen LogP contribution in [0.4, 0.5) is 23.8 Å². The van der Waals surface area contributed by atoms with Crippen molar-refractivity contribution < 1.29 is 0 Å². The fraction of sp³-hybridized carbons (Fsp3) is 0.250. The molecule has 0 aliphatic rings. The SMILES string of the molecule is Cc1nc(N)nc(N)n1.Cc1nc(N)nc(N)n1. The van der Waals surface area contributed by atoms with E-state index in [1.54, 1.807) is 13.8 Å². The smallest absolute Gasteiger partial charge is 0.225 e. The number of aryl methyl sites for hydroxylation is 2. The van der Waals surface area contributed by atoms with Crippen molar-refractivity contribution >= 4 is 23.8 Å². The number of aromatic nitrogens is 6. The van der Waals surface area contributed by atoms with E-state index in [1.807, 2.05) is 0 Å². The standard InChI is InChI=1S/2C4H7N5/c2*1-2-7-3(5)9-4(6)8-2/h2*1H3,(H4,5,6,7,8,9). The number of nitrogen functional groups attached to an aromatic ring is 4. The van der Waals surface area contributed by atoms with Crippen LogP contribution in [-0.4, -0.2) is 29.9 Å². The van der Waals surface area contributed by atoms with Gasteiger partial charge in [0.15, 0.2) is 0 Å². The summed E-state index contributed by atoms with van der Waals surface area (Å²) in [5.41, 5.74) is 20.9. The van der Waals surface area contributed by atoms with E-state index in [-0.39, 0.29) is 23.8 Å². The van der Waals surface area contributed by atoms with Crippen molar-refractivity contribution in [2.24, 2.45) is 0 Å². The van der Waals surface area contributed by atoms with Crippen molar-refractivity contribution in [1.82, 2.24) is 29.9 Å². The molecule has 2 aromatic rings. The maximum absolute atomic E-state index is 5.22. The van der Waals surface area contributed by atoms with E-state index in [9.17, 15) is 0 Å². The van der Waals surface area contributed by atoms with E-state index in [0.717, 1.165) is 0 Å². The lowest BCUT2D eigenvalue weighted by Gasteiger charge is -1.93. The average Bonchev–Trinajstić information content (AvgIpc) is 2.12. The van der Waals surface area contributed by atoms with E-state index in [0.29, 0.717) is 11.6 Å². The lowest BCUT2D eigenvalue weighted by atomic mass is 10.7. The molecule has 2 heterocycles. The predicted octanol–water partition coefficient (Wildman–Crippen LogP) is -1.31. The summed E-state index contributed by atoms with van der Waals surface area (Å²) in [7, 11) is 0. The van der Waals surface area contributed by atoms with Crippen LogP contribution >= 0.6 is 0 Å². The van der Waals surface area contributed by atoms with Crippen molar-refractivity contribution in [2.45, 2.75) is 13.8 Å². The highest BCUT2D eigenvalue weighted by Crippen LogP contribution is 1.95. The van der Waals surface area contributed by atoms with Crippen LogP contribution < -0.4 is 22.9 Å². The number of nitrogens with two attached hydrogens (primary N) is 4. The molecule has 0 fully saturated rings. The molecule has 0 unspecified atom stereocenters. The second-order valence-corrected chi connectivity index (χ2v) is 3.20. The number of anilines is 4. The van der Waals surface area contributed by atoms with Crippen LogP contribution in [0, 0.1) is 13.8 Å². The topological polar surface area (TPSA) is 181 Å². The first-order chi connectivity index (χ1) is 8.36.